The van der Waals surface area contributed by atoms with Crippen LogP contribution in [0.25, 0.3) is 0 Å². The maximum Gasteiger partial charge on any atom is 0.245 e. The molecule has 0 aromatic heterocycles. The number of primary amides is 1. The molecule has 3 rings (SSSR count). The number of nitrogens with one attached hydrogen (secondary N) is 8. The first-order valence-electron chi connectivity index (χ1n) is 25.8. The Hall–Kier alpha value is -6.97. The van der Waals surface area contributed by atoms with Gasteiger partial charge >= 0.3 is 0 Å². The number of thiol groups is 2. The van der Waals surface area contributed by atoms with Crippen LogP contribution in [-0.4, -0.2) is 153 Å². The van der Waals surface area contributed by atoms with E-state index in [0.717, 1.165) is 0 Å². The molecule has 0 aliphatic heterocycles. The largest absolute Gasteiger partial charge is 0.508 e. The molecular formula is C53H78N12O12S2. The third kappa shape index (κ3) is 23.1. The van der Waals surface area contributed by atoms with Crippen LogP contribution in [0.5, 0.6) is 11.5 Å². The molecule has 9 amide bonds. The number of nitrogens with two attached hydrogens (primary N) is 4. The third-order valence-electron chi connectivity index (χ3n) is 12.5. The van der Waals surface area contributed by atoms with Crippen molar-refractivity contribution in [1.29, 1.82) is 0 Å². The van der Waals surface area contributed by atoms with E-state index in [4.69, 9.17) is 22.9 Å². The third-order valence-corrected chi connectivity index (χ3v) is 13.1. The fourth-order valence-corrected chi connectivity index (χ4v) is 8.31. The van der Waals surface area contributed by atoms with Crippen molar-refractivity contribution in [3.05, 3.63) is 95.6 Å². The summed E-state index contributed by atoms with van der Waals surface area (Å²) in [5.74, 6) is -7.95. The first-order valence-corrected chi connectivity index (χ1v) is 26.9. The van der Waals surface area contributed by atoms with Gasteiger partial charge in [-0.25, -0.2) is 0 Å². The van der Waals surface area contributed by atoms with Crippen molar-refractivity contribution < 1.29 is 58.5 Å². The van der Waals surface area contributed by atoms with Crippen molar-refractivity contribution in [2.45, 2.75) is 138 Å². The van der Waals surface area contributed by atoms with Crippen LogP contribution in [0.4, 0.5) is 0 Å². The molecule has 0 aliphatic carbocycles. The van der Waals surface area contributed by atoms with Crippen LogP contribution in [0.15, 0.2) is 78.9 Å². The summed E-state index contributed by atoms with van der Waals surface area (Å²) in [4.78, 5) is 123. The summed E-state index contributed by atoms with van der Waals surface area (Å²) >= 11 is 8.83. The lowest BCUT2D eigenvalue weighted by Gasteiger charge is -2.32. The Morgan fingerprint density at radius 3 is 1.41 bits per heavy atom. The lowest BCUT2D eigenvalue weighted by Crippen LogP contribution is -2.62. The number of phenols is 2. The van der Waals surface area contributed by atoms with Crippen LogP contribution in [0.2, 0.25) is 0 Å². The van der Waals surface area contributed by atoms with Gasteiger partial charge in [0.05, 0.1) is 12.6 Å². The summed E-state index contributed by atoms with van der Waals surface area (Å²) in [6, 6.07) is 8.17. The minimum absolute atomic E-state index is 0.0199. The number of aromatic hydroxyl groups is 2. The van der Waals surface area contributed by atoms with Gasteiger partial charge in [-0.05, 0) is 120 Å². The Morgan fingerprint density at radius 1 is 0.506 bits per heavy atom. The molecule has 19 N–H and O–H groups in total. The molecule has 9 atom stereocenters. The first kappa shape index (κ1) is 66.3. The first-order chi connectivity index (χ1) is 37.4. The van der Waals surface area contributed by atoms with Crippen molar-refractivity contribution in [3.63, 3.8) is 0 Å². The van der Waals surface area contributed by atoms with Gasteiger partial charge in [0.25, 0.3) is 0 Å². The number of amides is 9. The Balaban J connectivity index is 1.79. The normalized spacial score (nSPS) is 14.7. The van der Waals surface area contributed by atoms with Gasteiger partial charge in [0, 0.05) is 23.3 Å². The zero-order valence-electron chi connectivity index (χ0n) is 44.6. The Morgan fingerprint density at radius 2 is 0.911 bits per heavy atom. The molecule has 3 aromatic carbocycles. The van der Waals surface area contributed by atoms with Gasteiger partial charge in [-0.3, -0.25) is 43.2 Å². The molecule has 0 aliphatic rings. The summed E-state index contributed by atoms with van der Waals surface area (Å²) in [6.45, 7) is 4.07. The van der Waals surface area contributed by atoms with Crippen LogP contribution in [-0.2, 0) is 62.4 Å². The van der Waals surface area contributed by atoms with Gasteiger partial charge in [0.1, 0.15) is 59.8 Å². The molecule has 0 unspecified atom stereocenters. The summed E-state index contributed by atoms with van der Waals surface area (Å²) in [5, 5.41) is 50.4. The van der Waals surface area contributed by atoms with E-state index < -0.39 is 119 Å². The zero-order chi connectivity index (χ0) is 58.8. The van der Waals surface area contributed by atoms with Crippen molar-refractivity contribution in [1.82, 2.24) is 42.5 Å². The minimum Gasteiger partial charge on any atom is -0.508 e. The molecule has 0 radical (unpaired) electrons. The number of carbonyl (C=O) groups excluding carboxylic acids is 9. The van der Waals surface area contributed by atoms with Crippen molar-refractivity contribution >= 4 is 78.4 Å². The number of hydrogen-bond donors (Lipinski definition) is 17. The number of aliphatic hydroxyl groups is 1. The molecule has 0 bridgehead atoms. The maximum atomic E-state index is 14.1. The molecule has 24 nitrogen and oxygen atoms in total. The molecule has 0 heterocycles. The molecule has 26 heteroatoms. The number of rotatable bonds is 34. The standard InChI is InChI=1S/C53H78N12O12S2/c1-30(58-48(73)39(27-33-17-21-35(68)22-18-33)62-52(77)43(53(2,3)79)65-46(71)36(56)25-32-15-19-34(67)20-16-32)45(70)63-41(28-66)50(75)61-40(26-31-11-5-4-6-12-31)49(74)64-42(29-78)51(76)60-38(14-8-10-24-55)47(72)59-37(44(57)69)13-7-9-23-54/h4-6,11-12,15-22,30,36-43,66-68,78-79H,7-10,13-14,23-29,54-56H2,1-3H3,(H2,57,69)(H,58,73)(H,59,72)(H,60,76)(H,61,75)(H,62,77)(H,63,70)(H,64,74)(H,65,71)/t30-,36+,37+,38+,39+,40+,41+,42+,43+/m1/s1. The van der Waals surface area contributed by atoms with Crippen molar-refractivity contribution in [2.24, 2.45) is 22.9 Å². The van der Waals surface area contributed by atoms with Crippen molar-refractivity contribution in [3.8, 4) is 11.5 Å². The Bertz CT molecular complexity index is 2490. The highest BCUT2D eigenvalue weighted by atomic mass is 32.1. The summed E-state index contributed by atoms with van der Waals surface area (Å²) in [5.41, 5.74) is 24.7. The predicted molar refractivity (Wildman–Crippen MR) is 302 cm³/mol. The smallest absolute Gasteiger partial charge is 0.245 e. The van der Waals surface area contributed by atoms with Crippen LogP contribution < -0.4 is 65.5 Å². The van der Waals surface area contributed by atoms with Crippen LogP contribution in [0, 0.1) is 0 Å². The molecule has 0 saturated carbocycles. The zero-order valence-corrected chi connectivity index (χ0v) is 46.4. The van der Waals surface area contributed by atoms with Crippen LogP contribution in [0.1, 0.15) is 76.0 Å². The molecule has 3 aromatic rings. The monoisotopic (exact) mass is 1140 g/mol. The number of hydrogen-bond acceptors (Lipinski definition) is 17. The summed E-state index contributed by atoms with van der Waals surface area (Å²) in [6.07, 6.45) is 2.08. The maximum absolute atomic E-state index is 14.1. The minimum atomic E-state index is -1.70. The molecular weight excluding hydrogens is 1060 g/mol. The molecule has 0 spiro atoms. The second-order valence-corrected chi connectivity index (χ2v) is 21.1. The van der Waals surface area contributed by atoms with E-state index in [1.807, 2.05) is 0 Å². The predicted octanol–water partition coefficient (Wildman–Crippen LogP) is -2.27. The second-order valence-electron chi connectivity index (χ2n) is 19.6. The number of aliphatic hydroxyl groups excluding tert-OH is 1. The molecule has 434 valence electrons. The van der Waals surface area contributed by atoms with Gasteiger partial charge in [-0.2, -0.15) is 25.3 Å². The van der Waals surface area contributed by atoms with E-state index in [-0.39, 0.29) is 49.4 Å². The van der Waals surface area contributed by atoms with E-state index in [1.165, 1.54) is 43.3 Å². The van der Waals surface area contributed by atoms with E-state index in [1.54, 1.807) is 56.3 Å². The molecule has 0 fully saturated rings. The molecule has 0 saturated heterocycles. The highest BCUT2D eigenvalue weighted by Gasteiger charge is 2.38. The average Bonchev–Trinajstić information content (AvgIpc) is 3.41. The lowest BCUT2D eigenvalue weighted by molar-refractivity contribution is -0.136. The van der Waals surface area contributed by atoms with Crippen LogP contribution >= 0.6 is 25.3 Å². The van der Waals surface area contributed by atoms with Gasteiger partial charge in [-0.15, -0.1) is 0 Å². The quantitative estimate of drug-likeness (QED) is 0.0221. The number of phenolic OH excluding ortho intramolecular Hbond substituents is 2. The Labute approximate surface area is 470 Å². The molecule has 79 heavy (non-hydrogen) atoms. The summed E-state index contributed by atoms with van der Waals surface area (Å²) < 4.78 is -1.23. The number of carbonyl (C=O) groups is 9. The fraction of sp³-hybridized carbons (Fsp3) is 0.491. The van der Waals surface area contributed by atoms with Crippen LogP contribution in [0.3, 0.4) is 0 Å². The SMILES string of the molecule is C[C@@H](NC(=O)[C@H](Cc1ccc(O)cc1)NC(=O)[C@H](NC(=O)[C@@H](N)Cc1ccc(O)cc1)C(C)(C)S)C(=O)N[C@@H](CO)C(=O)N[C@@H](Cc1ccccc1)C(=O)N[C@@H](CS)C(=O)N[C@@H](CCCCN)C(=O)N[C@@H](CCCCN)C(N)=O. The number of unbranched alkanes of at least 4 members (excludes halogenated alkanes) is 2. The second kappa shape index (κ2) is 33.5. The fourth-order valence-electron chi connectivity index (χ4n) is 7.88. The topological polar surface area (TPSA) is 415 Å². The average molecular weight is 1140 g/mol. The van der Waals surface area contributed by atoms with Gasteiger partial charge in [0.2, 0.25) is 53.2 Å². The van der Waals surface area contributed by atoms with E-state index in [9.17, 15) is 58.5 Å². The summed E-state index contributed by atoms with van der Waals surface area (Å²) in [7, 11) is 0. The van der Waals surface area contributed by atoms with Gasteiger partial charge in [0.15, 0.2) is 0 Å². The van der Waals surface area contributed by atoms with Gasteiger partial charge < -0.3 is 80.8 Å². The Kier molecular flexibility index (Phi) is 28.1. The van der Waals surface area contributed by atoms with Gasteiger partial charge in [-0.1, -0.05) is 54.6 Å². The lowest BCUT2D eigenvalue weighted by atomic mass is 9.98. The highest BCUT2D eigenvalue weighted by Crippen LogP contribution is 2.20. The highest BCUT2D eigenvalue weighted by molar-refractivity contribution is 7.81. The number of benzene rings is 3. The van der Waals surface area contributed by atoms with E-state index in [0.29, 0.717) is 55.5 Å². The van der Waals surface area contributed by atoms with E-state index in [2.05, 4.69) is 67.8 Å². The van der Waals surface area contributed by atoms with Crippen molar-refractivity contribution in [2.75, 3.05) is 25.4 Å². The van der Waals surface area contributed by atoms with E-state index >= 15 is 0 Å².